The molecule has 0 aliphatic carbocycles. The third-order valence-corrected chi connectivity index (χ3v) is 5.97. The molecular formula is C24H25N5S. The minimum absolute atomic E-state index is 0.0824. The molecule has 0 unspecified atom stereocenters. The zero-order valence-electron chi connectivity index (χ0n) is 17.4. The minimum Gasteiger partial charge on any atom is -0.288 e. The van der Waals surface area contributed by atoms with Crippen molar-refractivity contribution in [2.24, 2.45) is 0 Å². The number of tetrazole rings is 1. The fraction of sp³-hybridized carbons (Fsp3) is 0.208. The number of hydrogen-bond acceptors (Lipinski definition) is 5. The molecule has 0 N–H and O–H groups in total. The molecule has 1 aromatic heterocycles. The van der Waals surface area contributed by atoms with Gasteiger partial charge in [0, 0.05) is 11.4 Å². The second-order valence-electron chi connectivity index (χ2n) is 7.31. The Morgan fingerprint density at radius 2 is 1.63 bits per heavy atom. The number of para-hydroxylation sites is 1. The zero-order chi connectivity index (χ0) is 20.9. The summed E-state index contributed by atoms with van der Waals surface area (Å²) < 4.78 is 1.86. The lowest BCUT2D eigenvalue weighted by Crippen LogP contribution is -2.28. The predicted octanol–water partition coefficient (Wildman–Crippen LogP) is 4.91. The van der Waals surface area contributed by atoms with Crippen LogP contribution in [0.2, 0.25) is 0 Å². The number of aryl methyl sites for hydroxylation is 1. The van der Waals surface area contributed by atoms with Crippen LogP contribution in [-0.4, -0.2) is 38.4 Å². The van der Waals surface area contributed by atoms with E-state index < -0.39 is 0 Å². The molecule has 152 valence electrons. The molecule has 0 saturated heterocycles. The number of benzene rings is 3. The molecule has 5 nitrogen and oxygen atoms in total. The highest BCUT2D eigenvalue weighted by atomic mass is 32.2. The molecule has 1 heterocycles. The minimum atomic E-state index is -0.0824. The van der Waals surface area contributed by atoms with Crippen molar-refractivity contribution in [3.63, 3.8) is 0 Å². The summed E-state index contributed by atoms with van der Waals surface area (Å²) >= 11 is 1.76. The van der Waals surface area contributed by atoms with Gasteiger partial charge in [-0.3, -0.25) is 4.90 Å². The number of rotatable bonds is 7. The van der Waals surface area contributed by atoms with E-state index in [4.69, 9.17) is 0 Å². The molecule has 0 saturated carbocycles. The van der Waals surface area contributed by atoms with Gasteiger partial charge in [-0.05, 0) is 65.5 Å². The van der Waals surface area contributed by atoms with Gasteiger partial charge in [0.25, 0.3) is 0 Å². The summed E-state index contributed by atoms with van der Waals surface area (Å²) in [6.45, 7) is 2.87. The van der Waals surface area contributed by atoms with E-state index >= 15 is 0 Å². The van der Waals surface area contributed by atoms with Crippen molar-refractivity contribution in [2.75, 3.05) is 13.3 Å². The van der Waals surface area contributed by atoms with Gasteiger partial charge in [0.2, 0.25) is 0 Å². The monoisotopic (exact) mass is 415 g/mol. The van der Waals surface area contributed by atoms with E-state index in [-0.39, 0.29) is 6.04 Å². The zero-order valence-corrected chi connectivity index (χ0v) is 18.3. The van der Waals surface area contributed by atoms with Crippen molar-refractivity contribution in [2.45, 2.75) is 24.4 Å². The lowest BCUT2D eigenvalue weighted by Gasteiger charge is -2.28. The smallest absolute Gasteiger partial charge is 0.178 e. The SMILES string of the molecule is CSc1ccc(CN(C)[C@H](c2ccccc2)c2nnnn2-c2ccccc2C)cc1. The first-order valence-corrected chi connectivity index (χ1v) is 11.1. The lowest BCUT2D eigenvalue weighted by atomic mass is 10.0. The van der Waals surface area contributed by atoms with E-state index in [0.29, 0.717) is 0 Å². The lowest BCUT2D eigenvalue weighted by molar-refractivity contribution is 0.258. The van der Waals surface area contributed by atoms with Crippen molar-refractivity contribution in [1.29, 1.82) is 0 Å². The molecule has 4 rings (SSSR count). The van der Waals surface area contributed by atoms with E-state index in [9.17, 15) is 0 Å². The van der Waals surface area contributed by atoms with Crippen molar-refractivity contribution < 1.29 is 0 Å². The molecule has 0 bridgehead atoms. The Bertz CT molecular complexity index is 1090. The van der Waals surface area contributed by atoms with Crippen molar-refractivity contribution in [1.82, 2.24) is 25.1 Å². The van der Waals surface area contributed by atoms with Crippen molar-refractivity contribution >= 4 is 11.8 Å². The fourth-order valence-electron chi connectivity index (χ4n) is 3.68. The Morgan fingerprint density at radius 1 is 0.933 bits per heavy atom. The van der Waals surface area contributed by atoms with E-state index in [1.54, 1.807) is 11.8 Å². The first-order chi connectivity index (χ1) is 14.7. The van der Waals surface area contributed by atoms with Gasteiger partial charge in [-0.25, -0.2) is 0 Å². The molecule has 0 spiro atoms. The Morgan fingerprint density at radius 3 is 2.33 bits per heavy atom. The molecule has 4 aromatic rings. The van der Waals surface area contributed by atoms with Crippen LogP contribution in [0.5, 0.6) is 0 Å². The highest BCUT2D eigenvalue weighted by molar-refractivity contribution is 7.98. The van der Waals surface area contributed by atoms with Crippen LogP contribution in [-0.2, 0) is 6.54 Å². The van der Waals surface area contributed by atoms with Crippen LogP contribution in [0.1, 0.15) is 28.6 Å². The molecule has 0 fully saturated rings. The Labute approximate surface area is 181 Å². The molecule has 0 aliphatic heterocycles. The second kappa shape index (κ2) is 9.24. The summed E-state index contributed by atoms with van der Waals surface area (Å²) in [5, 5.41) is 12.8. The van der Waals surface area contributed by atoms with Crippen molar-refractivity contribution in [3.8, 4) is 5.69 Å². The molecule has 0 aliphatic rings. The van der Waals surface area contributed by atoms with Gasteiger partial charge < -0.3 is 0 Å². The largest absolute Gasteiger partial charge is 0.288 e. The van der Waals surface area contributed by atoms with Crippen LogP contribution in [0, 0.1) is 6.92 Å². The quantitative estimate of drug-likeness (QED) is 0.401. The summed E-state index contributed by atoms with van der Waals surface area (Å²) in [7, 11) is 2.12. The van der Waals surface area contributed by atoms with Gasteiger partial charge in [-0.15, -0.1) is 16.9 Å². The average molecular weight is 416 g/mol. The highest BCUT2D eigenvalue weighted by Gasteiger charge is 2.26. The Kier molecular flexibility index (Phi) is 6.26. The molecule has 0 amide bonds. The third-order valence-electron chi connectivity index (χ3n) is 5.23. The second-order valence-corrected chi connectivity index (χ2v) is 8.19. The topological polar surface area (TPSA) is 46.8 Å². The summed E-state index contributed by atoms with van der Waals surface area (Å²) in [4.78, 5) is 3.56. The van der Waals surface area contributed by atoms with Crippen LogP contribution in [0.25, 0.3) is 5.69 Å². The maximum Gasteiger partial charge on any atom is 0.178 e. The van der Waals surface area contributed by atoms with Crippen LogP contribution >= 0.6 is 11.8 Å². The Balaban J connectivity index is 1.73. The molecule has 1 atom stereocenters. The van der Waals surface area contributed by atoms with Crippen molar-refractivity contribution in [3.05, 3.63) is 101 Å². The van der Waals surface area contributed by atoms with Crippen LogP contribution in [0.4, 0.5) is 0 Å². The van der Waals surface area contributed by atoms with E-state index in [2.05, 4.69) is 101 Å². The molecule has 30 heavy (non-hydrogen) atoms. The van der Waals surface area contributed by atoms with Gasteiger partial charge in [-0.2, -0.15) is 4.68 Å². The molecule has 6 heteroatoms. The van der Waals surface area contributed by atoms with Crippen LogP contribution in [0.15, 0.2) is 83.8 Å². The van der Waals surface area contributed by atoms with E-state index in [1.165, 1.54) is 10.5 Å². The van der Waals surface area contributed by atoms with Crippen LogP contribution in [0.3, 0.4) is 0 Å². The summed E-state index contributed by atoms with van der Waals surface area (Å²) in [6.07, 6.45) is 2.10. The molecule has 3 aromatic carbocycles. The summed E-state index contributed by atoms with van der Waals surface area (Å²) in [6, 6.07) is 27.2. The van der Waals surface area contributed by atoms with Gasteiger partial charge in [0.05, 0.1) is 11.7 Å². The maximum absolute atomic E-state index is 4.46. The first-order valence-electron chi connectivity index (χ1n) is 9.90. The molecule has 0 radical (unpaired) electrons. The summed E-state index contributed by atoms with van der Waals surface area (Å²) in [5.41, 5.74) is 4.54. The summed E-state index contributed by atoms with van der Waals surface area (Å²) in [5.74, 6) is 0.804. The van der Waals surface area contributed by atoms with Gasteiger partial charge >= 0.3 is 0 Å². The highest BCUT2D eigenvalue weighted by Crippen LogP contribution is 2.29. The van der Waals surface area contributed by atoms with E-state index in [1.807, 2.05) is 22.9 Å². The predicted molar refractivity (Wildman–Crippen MR) is 122 cm³/mol. The first kappa shape index (κ1) is 20.3. The van der Waals surface area contributed by atoms with E-state index in [0.717, 1.165) is 29.2 Å². The van der Waals surface area contributed by atoms with Gasteiger partial charge in [0.15, 0.2) is 5.82 Å². The number of nitrogens with zero attached hydrogens (tertiary/aromatic N) is 5. The molecular weight excluding hydrogens is 390 g/mol. The average Bonchev–Trinajstić information content (AvgIpc) is 3.24. The number of aromatic nitrogens is 4. The number of hydrogen-bond donors (Lipinski definition) is 0. The van der Waals surface area contributed by atoms with Crippen LogP contribution < -0.4 is 0 Å². The third kappa shape index (κ3) is 4.30. The Hall–Kier alpha value is -2.96. The number of thioether (sulfide) groups is 1. The maximum atomic E-state index is 4.46. The van der Waals surface area contributed by atoms with Gasteiger partial charge in [-0.1, -0.05) is 60.7 Å². The standard InChI is InChI=1S/C24H25N5S/c1-18-9-7-8-12-22(18)29-24(25-26-27-29)23(20-10-5-4-6-11-20)28(2)17-19-13-15-21(30-3)16-14-19/h4-16,23H,17H2,1-3H3/t23-/m1/s1. The normalized spacial score (nSPS) is 12.3. The van der Waals surface area contributed by atoms with Gasteiger partial charge in [0.1, 0.15) is 0 Å². The fourth-order valence-corrected chi connectivity index (χ4v) is 4.09.